The predicted molar refractivity (Wildman–Crippen MR) is 83.8 cm³/mol. The van der Waals surface area contributed by atoms with Crippen molar-refractivity contribution in [1.82, 2.24) is 5.32 Å². The third-order valence-corrected chi connectivity index (χ3v) is 2.59. The Morgan fingerprint density at radius 1 is 1.40 bits per heavy atom. The second kappa shape index (κ2) is 8.87. The van der Waals surface area contributed by atoms with E-state index in [9.17, 15) is 0 Å². The van der Waals surface area contributed by atoms with E-state index in [0.29, 0.717) is 18.5 Å². The lowest BCUT2D eigenvalue weighted by molar-refractivity contribution is 0.370. The van der Waals surface area contributed by atoms with E-state index < -0.39 is 0 Å². The molecule has 0 saturated carbocycles. The first kappa shape index (κ1) is 15.9. The molecule has 1 rings (SSSR count). The number of nitrogens with zero attached hydrogens (tertiary/aromatic N) is 1. The average molecular weight is 273 g/mol. The van der Waals surface area contributed by atoms with E-state index in [2.05, 4.69) is 30.1 Å². The summed E-state index contributed by atoms with van der Waals surface area (Å²) in [5.41, 5.74) is 6.98. The number of ether oxygens (including phenoxy) is 1. The van der Waals surface area contributed by atoms with Crippen LogP contribution in [0.5, 0.6) is 5.75 Å². The van der Waals surface area contributed by atoms with Crippen molar-refractivity contribution in [3.63, 3.8) is 0 Å². The van der Waals surface area contributed by atoms with Gasteiger partial charge in [-0.05, 0) is 30.0 Å². The third-order valence-electron chi connectivity index (χ3n) is 2.59. The van der Waals surface area contributed by atoms with Crippen LogP contribution in [0.15, 0.2) is 29.3 Å². The van der Waals surface area contributed by atoms with Crippen molar-refractivity contribution in [2.45, 2.75) is 20.3 Å². The summed E-state index contributed by atoms with van der Waals surface area (Å²) < 4.78 is 5.32. The molecule has 1 aromatic carbocycles. The Bertz CT molecular complexity index is 458. The van der Waals surface area contributed by atoms with Gasteiger partial charge < -0.3 is 15.8 Å². The van der Waals surface area contributed by atoms with Crippen molar-refractivity contribution in [1.29, 1.82) is 0 Å². The zero-order valence-electron chi connectivity index (χ0n) is 12.2. The van der Waals surface area contributed by atoms with Gasteiger partial charge >= 0.3 is 0 Å². The fraction of sp³-hybridized carbons (Fsp3) is 0.438. The highest BCUT2D eigenvalue weighted by Crippen LogP contribution is 2.12. The van der Waals surface area contributed by atoms with Gasteiger partial charge in [-0.25, -0.2) is 0 Å². The van der Waals surface area contributed by atoms with Crippen molar-refractivity contribution in [2.75, 3.05) is 19.7 Å². The molecule has 4 heteroatoms. The largest absolute Gasteiger partial charge is 0.481 e. The highest BCUT2D eigenvalue weighted by molar-refractivity contribution is 5.77. The molecule has 0 aliphatic carbocycles. The van der Waals surface area contributed by atoms with Crippen LogP contribution in [0.3, 0.4) is 0 Å². The fourth-order valence-electron chi connectivity index (χ4n) is 1.55. The molecule has 0 unspecified atom stereocenters. The van der Waals surface area contributed by atoms with E-state index in [-0.39, 0.29) is 0 Å². The minimum Gasteiger partial charge on any atom is -0.481 e. The zero-order chi connectivity index (χ0) is 14.8. The lowest BCUT2D eigenvalue weighted by Gasteiger charge is -2.07. The molecule has 0 spiro atoms. The number of nitrogens with two attached hydrogens (primary N) is 1. The Morgan fingerprint density at radius 3 is 2.70 bits per heavy atom. The normalized spacial score (nSPS) is 11.2. The zero-order valence-corrected chi connectivity index (χ0v) is 12.2. The molecule has 0 fully saturated rings. The quantitative estimate of drug-likeness (QED) is 0.452. The molecule has 0 heterocycles. The number of hydrogen-bond donors (Lipinski definition) is 2. The minimum atomic E-state index is 0.295. The second-order valence-corrected chi connectivity index (χ2v) is 4.93. The molecule has 0 aromatic heterocycles. The van der Waals surface area contributed by atoms with Crippen LogP contribution in [0.2, 0.25) is 0 Å². The lowest BCUT2D eigenvalue weighted by Crippen LogP contribution is -2.33. The van der Waals surface area contributed by atoms with Gasteiger partial charge in [0.1, 0.15) is 12.4 Å². The summed E-state index contributed by atoms with van der Waals surface area (Å²) in [5.74, 6) is 4.25. The van der Waals surface area contributed by atoms with Gasteiger partial charge in [0.2, 0.25) is 0 Å². The summed E-state index contributed by atoms with van der Waals surface area (Å²) >= 11 is 0. The predicted octanol–water partition coefficient (Wildman–Crippen LogP) is 1.80. The lowest BCUT2D eigenvalue weighted by atomic mass is 10.1. The molecule has 3 N–H and O–H groups in total. The Labute approximate surface area is 121 Å². The van der Waals surface area contributed by atoms with E-state index in [1.165, 1.54) is 5.56 Å². The molecule has 0 amide bonds. The van der Waals surface area contributed by atoms with Crippen LogP contribution in [0.25, 0.3) is 0 Å². The Balaban J connectivity index is 2.32. The number of hydrogen-bond acceptors (Lipinski definition) is 2. The maximum Gasteiger partial charge on any atom is 0.188 e. The number of aliphatic imine (C=N–C) groups is 1. The fourth-order valence-corrected chi connectivity index (χ4v) is 1.55. The van der Waals surface area contributed by atoms with Gasteiger partial charge in [-0.3, -0.25) is 4.99 Å². The van der Waals surface area contributed by atoms with Crippen molar-refractivity contribution in [3.8, 4) is 18.1 Å². The van der Waals surface area contributed by atoms with E-state index in [0.717, 1.165) is 25.3 Å². The molecular formula is C16H23N3O. The first-order valence-electron chi connectivity index (χ1n) is 6.80. The van der Waals surface area contributed by atoms with Gasteiger partial charge in [0, 0.05) is 13.1 Å². The maximum atomic E-state index is 5.77. The number of benzene rings is 1. The monoisotopic (exact) mass is 273 g/mol. The highest BCUT2D eigenvalue weighted by Gasteiger charge is 1.97. The summed E-state index contributed by atoms with van der Waals surface area (Å²) in [6, 6.07) is 7.88. The first-order valence-corrected chi connectivity index (χ1v) is 6.80. The highest BCUT2D eigenvalue weighted by atomic mass is 16.5. The van der Waals surface area contributed by atoms with Gasteiger partial charge in [-0.2, -0.15) is 0 Å². The molecule has 108 valence electrons. The Morgan fingerprint density at radius 2 is 2.10 bits per heavy atom. The summed E-state index contributed by atoms with van der Waals surface area (Å²) in [6.07, 6.45) is 6.02. The van der Waals surface area contributed by atoms with Crippen molar-refractivity contribution < 1.29 is 4.74 Å². The van der Waals surface area contributed by atoms with Gasteiger partial charge in [0.05, 0.1) is 0 Å². The van der Waals surface area contributed by atoms with Gasteiger partial charge in [-0.15, -0.1) is 6.42 Å². The molecule has 0 bridgehead atoms. The van der Waals surface area contributed by atoms with Crippen molar-refractivity contribution in [2.24, 2.45) is 16.6 Å². The SMILES string of the molecule is C#CCOc1ccc(CCNC(N)=NCC(C)C)cc1. The summed E-state index contributed by atoms with van der Waals surface area (Å²) in [7, 11) is 0. The van der Waals surface area contributed by atoms with E-state index in [1.807, 2.05) is 24.3 Å². The average Bonchev–Trinajstić information content (AvgIpc) is 2.44. The molecule has 1 aromatic rings. The topological polar surface area (TPSA) is 59.6 Å². The number of guanidine groups is 1. The van der Waals surface area contributed by atoms with Crippen LogP contribution in [-0.2, 0) is 6.42 Å². The van der Waals surface area contributed by atoms with E-state index in [4.69, 9.17) is 16.9 Å². The third kappa shape index (κ3) is 6.69. The Kier molecular flexibility index (Phi) is 7.05. The van der Waals surface area contributed by atoms with Gasteiger partial charge in [0.25, 0.3) is 0 Å². The second-order valence-electron chi connectivity index (χ2n) is 4.93. The molecule has 0 radical (unpaired) electrons. The van der Waals surface area contributed by atoms with Crippen LogP contribution in [0.4, 0.5) is 0 Å². The van der Waals surface area contributed by atoms with Gasteiger partial charge in [0.15, 0.2) is 5.96 Å². The van der Waals surface area contributed by atoms with E-state index >= 15 is 0 Å². The molecule has 0 aliphatic heterocycles. The number of rotatable bonds is 7. The van der Waals surface area contributed by atoms with Crippen LogP contribution >= 0.6 is 0 Å². The molecule has 0 atom stereocenters. The summed E-state index contributed by atoms with van der Waals surface area (Å²) in [4.78, 5) is 4.25. The van der Waals surface area contributed by atoms with Crippen LogP contribution in [0, 0.1) is 18.3 Å². The minimum absolute atomic E-state index is 0.295. The number of nitrogens with one attached hydrogen (secondary N) is 1. The summed E-state index contributed by atoms with van der Waals surface area (Å²) in [5, 5.41) is 3.11. The van der Waals surface area contributed by atoms with Gasteiger partial charge in [-0.1, -0.05) is 31.9 Å². The standard InChI is InChI=1S/C16H23N3O/c1-4-11-20-15-7-5-14(6-8-15)9-10-18-16(17)19-12-13(2)3/h1,5-8,13H,9-12H2,2-3H3,(H3,17,18,19). The molecular weight excluding hydrogens is 250 g/mol. The van der Waals surface area contributed by atoms with Crippen LogP contribution in [0.1, 0.15) is 19.4 Å². The summed E-state index contributed by atoms with van der Waals surface area (Å²) in [6.45, 7) is 6.03. The van der Waals surface area contributed by atoms with Crippen LogP contribution in [-0.4, -0.2) is 25.7 Å². The molecule has 4 nitrogen and oxygen atoms in total. The number of terminal acetylenes is 1. The maximum absolute atomic E-state index is 5.77. The molecule has 20 heavy (non-hydrogen) atoms. The Hall–Kier alpha value is -2.15. The van der Waals surface area contributed by atoms with Crippen molar-refractivity contribution >= 4 is 5.96 Å². The molecule has 0 aliphatic rings. The van der Waals surface area contributed by atoms with Crippen LogP contribution < -0.4 is 15.8 Å². The van der Waals surface area contributed by atoms with E-state index in [1.54, 1.807) is 0 Å². The first-order chi connectivity index (χ1) is 9.61. The molecule has 0 saturated heterocycles. The smallest absolute Gasteiger partial charge is 0.188 e. The van der Waals surface area contributed by atoms with Crippen molar-refractivity contribution in [3.05, 3.63) is 29.8 Å².